The molecule has 2 nitrogen and oxygen atoms in total. The van der Waals surface area contributed by atoms with Crippen molar-refractivity contribution in [3.63, 3.8) is 0 Å². The highest BCUT2D eigenvalue weighted by Gasteiger charge is 2.15. The zero-order chi connectivity index (χ0) is 8.10. The Hall–Kier alpha value is 0.130. The van der Waals surface area contributed by atoms with Crippen LogP contribution in [0.25, 0.3) is 0 Å². The lowest BCUT2D eigenvalue weighted by Crippen LogP contribution is -2.39. The first-order valence-electron chi connectivity index (χ1n) is 3.51. The molecule has 1 heterocycles. The topological polar surface area (TPSA) is 21.3 Å². The molecule has 1 fully saturated rings. The molecule has 0 saturated carbocycles. The Labute approximate surface area is 68.7 Å². The van der Waals surface area contributed by atoms with Crippen molar-refractivity contribution in [2.75, 3.05) is 25.4 Å². The van der Waals surface area contributed by atoms with Crippen LogP contribution in [0.5, 0.6) is 0 Å². The number of hydrogen-bond donors (Lipinski definition) is 1. The van der Waals surface area contributed by atoms with Crippen LogP contribution in [0.15, 0.2) is 0 Å². The van der Waals surface area contributed by atoms with Gasteiger partial charge in [-0.3, -0.25) is 0 Å². The van der Waals surface area contributed by atoms with E-state index in [4.69, 9.17) is 4.74 Å². The second-order valence-corrected chi connectivity index (χ2v) is 3.31. The fourth-order valence-electron chi connectivity index (χ4n) is 0.907. The summed E-state index contributed by atoms with van der Waals surface area (Å²) < 4.78 is 28.6. The summed E-state index contributed by atoms with van der Waals surface area (Å²) in [6, 6.07) is 0. The first-order valence-corrected chi connectivity index (χ1v) is 4.56. The number of halogens is 2. The zero-order valence-corrected chi connectivity index (χ0v) is 6.87. The van der Waals surface area contributed by atoms with Crippen molar-refractivity contribution in [3.05, 3.63) is 0 Å². The van der Waals surface area contributed by atoms with E-state index < -0.39 is 5.76 Å². The number of rotatable bonds is 3. The monoisotopic (exact) mass is 183 g/mol. The van der Waals surface area contributed by atoms with E-state index in [2.05, 4.69) is 5.32 Å². The van der Waals surface area contributed by atoms with Crippen molar-refractivity contribution in [1.82, 2.24) is 5.32 Å². The van der Waals surface area contributed by atoms with Gasteiger partial charge >= 0.3 is 0 Å². The SMILES string of the molecule is FC(F)SCC1CNCCO1. The summed E-state index contributed by atoms with van der Waals surface area (Å²) in [6.45, 7) is 2.16. The summed E-state index contributed by atoms with van der Waals surface area (Å²) in [4.78, 5) is 0. The summed E-state index contributed by atoms with van der Waals surface area (Å²) >= 11 is 0.639. The number of morpholine rings is 1. The second-order valence-electron chi connectivity index (χ2n) is 2.29. The molecule has 1 aliphatic heterocycles. The molecule has 0 bridgehead atoms. The van der Waals surface area contributed by atoms with Crippen LogP contribution in [0.2, 0.25) is 0 Å². The van der Waals surface area contributed by atoms with Crippen LogP contribution >= 0.6 is 11.8 Å². The van der Waals surface area contributed by atoms with Crippen LogP contribution in [0.1, 0.15) is 0 Å². The van der Waals surface area contributed by atoms with E-state index in [1.54, 1.807) is 0 Å². The average Bonchev–Trinajstić information content (AvgIpc) is 2.03. The maximum atomic E-state index is 11.7. The van der Waals surface area contributed by atoms with E-state index in [0.29, 0.717) is 30.7 Å². The third-order valence-corrected chi connectivity index (χ3v) is 2.23. The molecule has 1 atom stereocenters. The lowest BCUT2D eigenvalue weighted by Gasteiger charge is -2.22. The van der Waals surface area contributed by atoms with Gasteiger partial charge in [-0.05, 0) is 0 Å². The van der Waals surface area contributed by atoms with E-state index in [9.17, 15) is 8.78 Å². The number of alkyl halides is 2. The van der Waals surface area contributed by atoms with Crippen LogP contribution in [0, 0.1) is 0 Å². The minimum atomic E-state index is -2.28. The number of thioether (sulfide) groups is 1. The van der Waals surface area contributed by atoms with Gasteiger partial charge in [0.1, 0.15) is 0 Å². The van der Waals surface area contributed by atoms with E-state index >= 15 is 0 Å². The van der Waals surface area contributed by atoms with Gasteiger partial charge in [-0.15, -0.1) is 0 Å². The van der Waals surface area contributed by atoms with Crippen LogP contribution in [0.4, 0.5) is 8.78 Å². The van der Waals surface area contributed by atoms with Gasteiger partial charge in [0, 0.05) is 18.8 Å². The molecule has 0 aromatic heterocycles. The van der Waals surface area contributed by atoms with E-state index in [1.165, 1.54) is 0 Å². The largest absolute Gasteiger partial charge is 0.375 e. The molecule has 0 aromatic rings. The number of ether oxygens (including phenoxy) is 1. The summed E-state index contributed by atoms with van der Waals surface area (Å²) in [5.41, 5.74) is 0. The fraction of sp³-hybridized carbons (Fsp3) is 1.00. The number of hydrogen-bond acceptors (Lipinski definition) is 3. The molecule has 1 saturated heterocycles. The van der Waals surface area contributed by atoms with Gasteiger partial charge < -0.3 is 10.1 Å². The van der Waals surface area contributed by atoms with Crippen molar-refractivity contribution in [2.45, 2.75) is 11.9 Å². The molecule has 1 unspecified atom stereocenters. The fourth-order valence-corrected chi connectivity index (χ4v) is 1.48. The summed E-state index contributed by atoms with van der Waals surface area (Å²) in [5.74, 6) is -1.90. The predicted molar refractivity (Wildman–Crippen MR) is 41.1 cm³/mol. The normalized spacial score (nSPS) is 25.9. The van der Waals surface area contributed by atoms with E-state index in [0.717, 1.165) is 6.54 Å². The highest BCUT2D eigenvalue weighted by molar-refractivity contribution is 7.99. The first kappa shape index (κ1) is 9.22. The molecular formula is C6H11F2NOS. The Morgan fingerprint density at radius 3 is 3.00 bits per heavy atom. The Morgan fingerprint density at radius 2 is 2.45 bits per heavy atom. The van der Waals surface area contributed by atoms with Gasteiger partial charge in [-0.2, -0.15) is 8.78 Å². The third kappa shape index (κ3) is 3.88. The van der Waals surface area contributed by atoms with Gasteiger partial charge in [-0.25, -0.2) is 0 Å². The molecule has 0 spiro atoms. The van der Waals surface area contributed by atoms with Gasteiger partial charge in [0.25, 0.3) is 5.76 Å². The molecule has 11 heavy (non-hydrogen) atoms. The van der Waals surface area contributed by atoms with Crippen molar-refractivity contribution >= 4 is 11.8 Å². The molecule has 5 heteroatoms. The molecule has 0 radical (unpaired) electrons. The lowest BCUT2D eigenvalue weighted by atomic mass is 10.3. The van der Waals surface area contributed by atoms with E-state index in [-0.39, 0.29) is 6.10 Å². The Morgan fingerprint density at radius 1 is 1.64 bits per heavy atom. The van der Waals surface area contributed by atoms with Gasteiger partial charge in [0.05, 0.1) is 12.7 Å². The zero-order valence-electron chi connectivity index (χ0n) is 6.06. The van der Waals surface area contributed by atoms with Gasteiger partial charge in [0.2, 0.25) is 0 Å². The van der Waals surface area contributed by atoms with Crippen molar-refractivity contribution < 1.29 is 13.5 Å². The smallest absolute Gasteiger partial charge is 0.284 e. The quantitative estimate of drug-likeness (QED) is 0.703. The highest BCUT2D eigenvalue weighted by atomic mass is 32.2. The molecule has 0 amide bonds. The van der Waals surface area contributed by atoms with Crippen LogP contribution in [-0.4, -0.2) is 37.3 Å². The predicted octanol–water partition coefficient (Wildman–Crippen LogP) is 0.931. The Bertz CT molecular complexity index is 109. The van der Waals surface area contributed by atoms with Crippen LogP contribution in [0.3, 0.4) is 0 Å². The van der Waals surface area contributed by atoms with Crippen molar-refractivity contribution in [3.8, 4) is 0 Å². The summed E-state index contributed by atoms with van der Waals surface area (Å²) in [7, 11) is 0. The third-order valence-electron chi connectivity index (χ3n) is 1.41. The highest BCUT2D eigenvalue weighted by Crippen LogP contribution is 2.15. The molecule has 0 aliphatic carbocycles. The summed E-state index contributed by atoms with van der Waals surface area (Å²) in [5, 5.41) is 3.08. The maximum absolute atomic E-state index is 11.7. The number of nitrogens with one attached hydrogen (secondary N) is 1. The van der Waals surface area contributed by atoms with Crippen LogP contribution < -0.4 is 5.32 Å². The van der Waals surface area contributed by atoms with Gasteiger partial charge in [-0.1, -0.05) is 11.8 Å². The summed E-state index contributed by atoms with van der Waals surface area (Å²) in [6.07, 6.45) is -0.0391. The maximum Gasteiger partial charge on any atom is 0.284 e. The molecule has 1 aliphatic rings. The average molecular weight is 183 g/mol. The van der Waals surface area contributed by atoms with Crippen LogP contribution in [-0.2, 0) is 4.74 Å². The first-order chi connectivity index (χ1) is 5.29. The lowest BCUT2D eigenvalue weighted by molar-refractivity contribution is 0.0436. The molecule has 1 N–H and O–H groups in total. The molecular weight excluding hydrogens is 172 g/mol. The molecule has 0 aromatic carbocycles. The van der Waals surface area contributed by atoms with Gasteiger partial charge in [0.15, 0.2) is 0 Å². The Balaban J connectivity index is 2.05. The molecule has 1 rings (SSSR count). The minimum Gasteiger partial charge on any atom is -0.375 e. The molecule has 66 valence electrons. The van der Waals surface area contributed by atoms with Crippen molar-refractivity contribution in [2.24, 2.45) is 0 Å². The standard InChI is InChI=1S/C6H11F2NOS/c7-6(8)11-4-5-3-9-1-2-10-5/h5-6,9H,1-4H2. The second kappa shape index (κ2) is 4.90. The Kier molecular flexibility index (Phi) is 4.11. The minimum absolute atomic E-state index is 0.0391. The van der Waals surface area contributed by atoms with Crippen molar-refractivity contribution in [1.29, 1.82) is 0 Å². The van der Waals surface area contributed by atoms with E-state index in [1.807, 2.05) is 0 Å².